The van der Waals surface area contributed by atoms with Crippen molar-refractivity contribution >= 4 is 39.1 Å². The summed E-state index contributed by atoms with van der Waals surface area (Å²) in [6.45, 7) is 0.866. The van der Waals surface area contributed by atoms with Crippen molar-refractivity contribution < 1.29 is 9.53 Å². The Morgan fingerprint density at radius 3 is 3.14 bits per heavy atom. The molecule has 0 aliphatic carbocycles. The zero-order chi connectivity index (χ0) is 14.8. The molecule has 0 spiro atoms. The van der Waals surface area contributed by atoms with Crippen LogP contribution in [0.2, 0.25) is 5.02 Å². The smallest absolute Gasteiger partial charge is 0.249 e. The summed E-state index contributed by atoms with van der Waals surface area (Å²) in [5.74, 6) is -0.0942. The highest BCUT2D eigenvalue weighted by Gasteiger charge is 2.29. The molecule has 1 saturated heterocycles. The fraction of sp³-hybridized carbons (Fsp3) is 0.429. The lowest BCUT2D eigenvalue weighted by molar-refractivity contribution is -0.132. The molecule has 1 aliphatic heterocycles. The minimum atomic E-state index is -0.387. The van der Waals surface area contributed by atoms with Gasteiger partial charge in [-0.1, -0.05) is 11.6 Å². The number of nitrogens with zero attached hydrogens (tertiary/aromatic N) is 1. The number of aromatic nitrogens is 1. The van der Waals surface area contributed by atoms with Crippen molar-refractivity contribution in [3.8, 4) is 0 Å². The van der Waals surface area contributed by atoms with Crippen molar-refractivity contribution in [2.45, 2.75) is 31.6 Å². The van der Waals surface area contributed by atoms with Crippen molar-refractivity contribution in [1.82, 2.24) is 10.3 Å². The molecule has 0 radical (unpaired) electrons. The van der Waals surface area contributed by atoms with E-state index < -0.39 is 0 Å². The Hall–Kier alpha value is -1.21. The molecule has 0 saturated carbocycles. The first-order chi connectivity index (χ1) is 10.2. The van der Waals surface area contributed by atoms with Crippen LogP contribution >= 0.6 is 22.9 Å². The Balaban J connectivity index is 1.60. The quantitative estimate of drug-likeness (QED) is 0.902. The first kappa shape index (κ1) is 14.7. The molecule has 2 atom stereocenters. The summed E-state index contributed by atoms with van der Waals surface area (Å²) >= 11 is 7.49. The van der Waals surface area contributed by atoms with Gasteiger partial charge in [-0.15, -0.1) is 11.3 Å². The number of carbonyl (C=O) groups is 1. The van der Waals surface area contributed by atoms with Gasteiger partial charge in [0, 0.05) is 11.6 Å². The predicted molar refractivity (Wildman–Crippen MR) is 83.4 cm³/mol. The molecule has 5 nitrogen and oxygen atoms in total. The Kier molecular flexibility index (Phi) is 4.40. The van der Waals surface area contributed by atoms with Gasteiger partial charge in [0.15, 0.2) is 0 Å². The second kappa shape index (κ2) is 6.27. The maximum absolute atomic E-state index is 12.0. The van der Waals surface area contributed by atoms with Gasteiger partial charge in [0.2, 0.25) is 5.91 Å². The number of carbonyl (C=O) groups excluding carboxylic acids is 1. The maximum atomic E-state index is 12.0. The summed E-state index contributed by atoms with van der Waals surface area (Å²) in [7, 11) is 0. The van der Waals surface area contributed by atoms with Crippen molar-refractivity contribution in [1.29, 1.82) is 0 Å². The second-order valence-electron chi connectivity index (χ2n) is 5.00. The van der Waals surface area contributed by atoms with E-state index in [9.17, 15) is 4.79 Å². The molecule has 3 rings (SSSR count). The Labute approximate surface area is 131 Å². The van der Waals surface area contributed by atoms with Crippen LogP contribution < -0.4 is 11.1 Å². The van der Waals surface area contributed by atoms with E-state index >= 15 is 0 Å². The van der Waals surface area contributed by atoms with Crippen molar-refractivity contribution in [2.75, 3.05) is 6.54 Å². The van der Waals surface area contributed by atoms with E-state index in [4.69, 9.17) is 22.1 Å². The monoisotopic (exact) mass is 325 g/mol. The standard InChI is InChI=1S/C14H16ClN3O2S/c15-8-1-4-12-10(5-8)18-13(21-12)7-17-14(19)11-3-2-9(6-16)20-11/h1,4-5,9,11H,2-3,6-7,16H2,(H,17,19)/t9-,11+/m1/s1. The van der Waals surface area contributed by atoms with Crippen LogP contribution in [0.4, 0.5) is 0 Å². The third-order valence-electron chi connectivity index (χ3n) is 3.47. The number of nitrogens with two attached hydrogens (primary N) is 1. The zero-order valence-corrected chi connectivity index (χ0v) is 12.9. The summed E-state index contributed by atoms with van der Waals surface area (Å²) in [4.78, 5) is 16.5. The van der Waals surface area contributed by atoms with Crippen LogP contribution in [0.5, 0.6) is 0 Å². The van der Waals surface area contributed by atoms with Gasteiger partial charge in [-0.3, -0.25) is 4.79 Å². The predicted octanol–water partition coefficient (Wildman–Crippen LogP) is 2.07. The molecular formula is C14H16ClN3O2S. The van der Waals surface area contributed by atoms with Crippen LogP contribution in [-0.4, -0.2) is 29.6 Å². The Morgan fingerprint density at radius 1 is 1.52 bits per heavy atom. The van der Waals surface area contributed by atoms with Crippen molar-refractivity contribution in [3.63, 3.8) is 0 Å². The molecule has 1 fully saturated rings. The number of amides is 1. The third kappa shape index (κ3) is 3.35. The molecule has 7 heteroatoms. The number of hydrogen-bond acceptors (Lipinski definition) is 5. The summed E-state index contributed by atoms with van der Waals surface area (Å²) < 4.78 is 6.62. The number of hydrogen-bond donors (Lipinski definition) is 2. The van der Waals surface area contributed by atoms with Crippen LogP contribution in [0, 0.1) is 0 Å². The molecule has 1 amide bonds. The molecule has 1 aromatic heterocycles. The van der Waals surface area contributed by atoms with Crippen molar-refractivity contribution in [3.05, 3.63) is 28.2 Å². The van der Waals surface area contributed by atoms with Crippen molar-refractivity contribution in [2.24, 2.45) is 5.73 Å². The van der Waals surface area contributed by atoms with Gasteiger partial charge in [0.05, 0.1) is 22.9 Å². The van der Waals surface area contributed by atoms with E-state index in [-0.39, 0.29) is 18.1 Å². The number of ether oxygens (including phenoxy) is 1. The van der Waals surface area contributed by atoms with Gasteiger partial charge in [0.1, 0.15) is 11.1 Å². The lowest BCUT2D eigenvalue weighted by Gasteiger charge is -2.11. The molecule has 1 aromatic carbocycles. The highest BCUT2D eigenvalue weighted by Crippen LogP contribution is 2.25. The van der Waals surface area contributed by atoms with E-state index in [2.05, 4.69) is 10.3 Å². The van der Waals surface area contributed by atoms with Gasteiger partial charge < -0.3 is 15.8 Å². The lowest BCUT2D eigenvalue weighted by atomic mass is 10.2. The van der Waals surface area contributed by atoms with Gasteiger partial charge >= 0.3 is 0 Å². The molecular weight excluding hydrogens is 310 g/mol. The summed E-state index contributed by atoms with van der Waals surface area (Å²) in [6, 6.07) is 5.60. The van der Waals surface area contributed by atoms with Crippen LogP contribution in [0.3, 0.4) is 0 Å². The number of fused-ring (bicyclic) bond motifs is 1. The third-order valence-corrected chi connectivity index (χ3v) is 4.74. The average Bonchev–Trinajstić information content (AvgIpc) is 3.10. The summed E-state index contributed by atoms with van der Waals surface area (Å²) in [5, 5.41) is 4.39. The molecule has 3 N–H and O–H groups in total. The number of halogens is 1. The van der Waals surface area contributed by atoms with E-state index in [0.29, 0.717) is 18.1 Å². The molecule has 0 bridgehead atoms. The minimum absolute atomic E-state index is 0.00495. The van der Waals surface area contributed by atoms with Crippen LogP contribution in [-0.2, 0) is 16.1 Å². The van der Waals surface area contributed by atoms with Crippen LogP contribution in [0.1, 0.15) is 17.8 Å². The van der Waals surface area contributed by atoms with Gasteiger partial charge in [-0.05, 0) is 31.0 Å². The van der Waals surface area contributed by atoms with Crippen LogP contribution in [0.25, 0.3) is 10.2 Å². The average molecular weight is 326 g/mol. The SMILES string of the molecule is NC[C@H]1CC[C@@H](C(=O)NCc2nc3cc(Cl)ccc3s2)O1. The fourth-order valence-electron chi connectivity index (χ4n) is 2.37. The molecule has 2 aromatic rings. The zero-order valence-electron chi connectivity index (χ0n) is 11.3. The van der Waals surface area contributed by atoms with E-state index in [1.807, 2.05) is 18.2 Å². The number of nitrogens with one attached hydrogen (secondary N) is 1. The van der Waals surface area contributed by atoms with Gasteiger partial charge in [-0.25, -0.2) is 4.98 Å². The summed E-state index contributed by atoms with van der Waals surface area (Å²) in [5.41, 5.74) is 6.40. The molecule has 2 heterocycles. The van der Waals surface area contributed by atoms with E-state index in [1.54, 1.807) is 11.3 Å². The van der Waals surface area contributed by atoms with E-state index in [0.717, 1.165) is 28.1 Å². The minimum Gasteiger partial charge on any atom is -0.364 e. The number of rotatable bonds is 4. The lowest BCUT2D eigenvalue weighted by Crippen LogP contribution is -2.35. The number of benzene rings is 1. The molecule has 21 heavy (non-hydrogen) atoms. The van der Waals surface area contributed by atoms with Gasteiger partial charge in [0.25, 0.3) is 0 Å². The Bertz CT molecular complexity index is 661. The van der Waals surface area contributed by atoms with E-state index in [1.165, 1.54) is 0 Å². The highest BCUT2D eigenvalue weighted by molar-refractivity contribution is 7.18. The van der Waals surface area contributed by atoms with Gasteiger partial charge in [-0.2, -0.15) is 0 Å². The molecule has 112 valence electrons. The van der Waals surface area contributed by atoms with Crippen LogP contribution in [0.15, 0.2) is 18.2 Å². The number of thiazole rings is 1. The molecule has 0 unspecified atom stereocenters. The first-order valence-electron chi connectivity index (χ1n) is 6.84. The Morgan fingerprint density at radius 2 is 2.38 bits per heavy atom. The molecule has 1 aliphatic rings. The summed E-state index contributed by atoms with van der Waals surface area (Å²) in [6.07, 6.45) is 1.19. The normalized spacial score (nSPS) is 21.8. The largest absolute Gasteiger partial charge is 0.364 e. The fourth-order valence-corrected chi connectivity index (χ4v) is 3.43. The topological polar surface area (TPSA) is 77.2 Å². The second-order valence-corrected chi connectivity index (χ2v) is 6.55. The maximum Gasteiger partial charge on any atom is 0.249 e. The highest BCUT2D eigenvalue weighted by atomic mass is 35.5. The first-order valence-corrected chi connectivity index (χ1v) is 8.03.